The zero-order valence-electron chi connectivity index (χ0n) is 5.37. The van der Waals surface area contributed by atoms with Crippen LogP contribution < -0.4 is 0 Å². The summed E-state index contributed by atoms with van der Waals surface area (Å²) in [6, 6.07) is 3.64. The van der Waals surface area contributed by atoms with E-state index in [9.17, 15) is 0 Å². The lowest BCUT2D eigenvalue weighted by molar-refractivity contribution is 1.39. The van der Waals surface area contributed by atoms with Crippen molar-refractivity contribution in [3.05, 3.63) is 31.3 Å². The highest BCUT2D eigenvalue weighted by Crippen LogP contribution is 2.28. The Kier molecular flexibility index (Phi) is 3.75. The van der Waals surface area contributed by atoms with Crippen LogP contribution in [-0.2, 0) is 5.88 Å². The van der Waals surface area contributed by atoms with Gasteiger partial charge in [0.2, 0.25) is 0 Å². The molecular formula is C7H4Cl3I. The number of rotatable bonds is 1. The molecule has 0 spiro atoms. The van der Waals surface area contributed by atoms with Crippen LogP contribution >= 0.6 is 57.4 Å². The number of halogens is 4. The van der Waals surface area contributed by atoms with Gasteiger partial charge in [-0.25, -0.2) is 0 Å². The van der Waals surface area contributed by atoms with E-state index < -0.39 is 0 Å². The molecule has 1 rings (SSSR count). The quantitative estimate of drug-likeness (QED) is 0.410. The monoisotopic (exact) mass is 320 g/mol. The Morgan fingerprint density at radius 1 is 1.18 bits per heavy atom. The van der Waals surface area contributed by atoms with Crippen molar-refractivity contribution in [1.82, 2.24) is 0 Å². The van der Waals surface area contributed by atoms with Gasteiger partial charge >= 0.3 is 0 Å². The molecule has 11 heavy (non-hydrogen) atoms. The molecule has 0 aliphatic carbocycles. The minimum atomic E-state index is 0.441. The van der Waals surface area contributed by atoms with Gasteiger partial charge < -0.3 is 0 Å². The molecule has 0 radical (unpaired) electrons. The largest absolute Gasteiger partial charge is 0.122 e. The molecule has 0 fully saturated rings. The fraction of sp³-hybridized carbons (Fsp3) is 0.143. The van der Waals surface area contributed by atoms with Crippen LogP contribution in [0.2, 0.25) is 10.0 Å². The van der Waals surface area contributed by atoms with Gasteiger partial charge in [-0.1, -0.05) is 23.2 Å². The average Bonchev–Trinajstić information content (AvgIpc) is 1.99. The minimum Gasteiger partial charge on any atom is -0.122 e. The van der Waals surface area contributed by atoms with E-state index in [0.717, 1.165) is 9.13 Å². The van der Waals surface area contributed by atoms with Crippen molar-refractivity contribution in [1.29, 1.82) is 0 Å². The van der Waals surface area contributed by atoms with Gasteiger partial charge in [0, 0.05) is 5.88 Å². The Labute approximate surface area is 94.0 Å². The lowest BCUT2D eigenvalue weighted by Crippen LogP contribution is -1.82. The molecule has 0 bridgehead atoms. The van der Waals surface area contributed by atoms with Gasteiger partial charge in [0.05, 0.1) is 13.6 Å². The lowest BCUT2D eigenvalue weighted by atomic mass is 10.2. The first-order valence-corrected chi connectivity index (χ1v) is 5.21. The summed E-state index contributed by atoms with van der Waals surface area (Å²) in [7, 11) is 0. The average molecular weight is 321 g/mol. The molecule has 0 aromatic heterocycles. The maximum atomic E-state index is 5.85. The van der Waals surface area contributed by atoms with Gasteiger partial charge in [0.1, 0.15) is 0 Å². The van der Waals surface area contributed by atoms with E-state index in [1.165, 1.54) is 0 Å². The van der Waals surface area contributed by atoms with Crippen molar-refractivity contribution in [2.45, 2.75) is 5.88 Å². The summed E-state index contributed by atoms with van der Waals surface area (Å²) < 4.78 is 0.875. The minimum absolute atomic E-state index is 0.441. The summed E-state index contributed by atoms with van der Waals surface area (Å²) in [5, 5.41) is 1.32. The molecule has 0 nitrogen and oxygen atoms in total. The Hall–Kier alpha value is 0.820. The van der Waals surface area contributed by atoms with Crippen LogP contribution in [0.5, 0.6) is 0 Å². The lowest BCUT2D eigenvalue weighted by Gasteiger charge is -2.01. The molecule has 1 aromatic carbocycles. The number of hydrogen-bond acceptors (Lipinski definition) is 0. The molecule has 0 N–H and O–H groups in total. The third-order valence-electron chi connectivity index (χ3n) is 1.20. The summed E-state index contributed by atoms with van der Waals surface area (Å²) in [6.07, 6.45) is 0. The third-order valence-corrected chi connectivity index (χ3v) is 3.90. The second-order valence-corrected chi connectivity index (χ2v) is 4.17. The standard InChI is InChI=1S/C7H4Cl3I/c8-3-4-1-5(9)7(11)6(10)2-4/h1-2H,3H2. The molecule has 0 heterocycles. The van der Waals surface area contributed by atoms with E-state index in [0.29, 0.717) is 15.9 Å². The maximum Gasteiger partial charge on any atom is 0.0557 e. The predicted molar refractivity (Wildman–Crippen MR) is 58.7 cm³/mol. The van der Waals surface area contributed by atoms with Crippen LogP contribution in [0.1, 0.15) is 5.56 Å². The summed E-state index contributed by atoms with van der Waals surface area (Å²) in [5.41, 5.74) is 0.946. The van der Waals surface area contributed by atoms with Crippen molar-refractivity contribution < 1.29 is 0 Å². The first-order valence-electron chi connectivity index (χ1n) is 2.84. The van der Waals surface area contributed by atoms with E-state index in [-0.39, 0.29) is 0 Å². The summed E-state index contributed by atoms with van der Waals surface area (Å²) in [6.45, 7) is 0. The van der Waals surface area contributed by atoms with Gasteiger partial charge in [-0.05, 0) is 40.3 Å². The highest BCUT2D eigenvalue weighted by Gasteiger charge is 2.03. The smallest absolute Gasteiger partial charge is 0.0557 e. The molecule has 0 atom stereocenters. The summed E-state index contributed by atoms with van der Waals surface area (Å²) in [5.74, 6) is 0.441. The number of hydrogen-bond donors (Lipinski definition) is 0. The molecule has 0 unspecified atom stereocenters. The first kappa shape index (κ1) is 9.90. The van der Waals surface area contributed by atoms with Crippen molar-refractivity contribution in [3.63, 3.8) is 0 Å². The third kappa shape index (κ3) is 2.38. The van der Waals surface area contributed by atoms with Crippen LogP contribution in [0.25, 0.3) is 0 Å². The fourth-order valence-corrected chi connectivity index (χ4v) is 1.68. The first-order chi connectivity index (χ1) is 5.15. The topological polar surface area (TPSA) is 0 Å². The van der Waals surface area contributed by atoms with Crippen molar-refractivity contribution >= 4 is 57.4 Å². The molecule has 0 amide bonds. The maximum absolute atomic E-state index is 5.85. The van der Waals surface area contributed by atoms with Gasteiger partial charge in [-0.15, -0.1) is 11.6 Å². The molecular weight excluding hydrogens is 317 g/mol. The Morgan fingerprint density at radius 2 is 1.64 bits per heavy atom. The second kappa shape index (κ2) is 4.17. The van der Waals surface area contributed by atoms with Crippen LogP contribution in [-0.4, -0.2) is 0 Å². The molecule has 1 aromatic rings. The highest BCUT2D eigenvalue weighted by atomic mass is 127. The zero-order chi connectivity index (χ0) is 8.43. The molecule has 0 saturated carbocycles. The second-order valence-electron chi connectivity index (χ2n) is 2.01. The Morgan fingerprint density at radius 3 is 2.00 bits per heavy atom. The Bertz CT molecular complexity index is 249. The predicted octanol–water partition coefficient (Wildman–Crippen LogP) is 4.34. The van der Waals surface area contributed by atoms with Crippen LogP contribution in [0, 0.1) is 3.57 Å². The van der Waals surface area contributed by atoms with E-state index >= 15 is 0 Å². The van der Waals surface area contributed by atoms with Gasteiger partial charge in [-0.2, -0.15) is 0 Å². The molecule has 60 valence electrons. The Balaban J connectivity index is 3.21. The van der Waals surface area contributed by atoms with Crippen LogP contribution in [0.4, 0.5) is 0 Å². The fourth-order valence-electron chi connectivity index (χ4n) is 0.685. The molecule has 0 aliphatic rings. The normalized spacial score (nSPS) is 10.2. The molecule has 0 saturated heterocycles. The zero-order valence-corrected chi connectivity index (χ0v) is 9.80. The van der Waals surface area contributed by atoms with Crippen molar-refractivity contribution in [2.24, 2.45) is 0 Å². The van der Waals surface area contributed by atoms with Gasteiger partial charge in [0.15, 0.2) is 0 Å². The summed E-state index contributed by atoms with van der Waals surface area (Å²) >= 11 is 19.4. The van der Waals surface area contributed by atoms with Crippen molar-refractivity contribution in [2.75, 3.05) is 0 Å². The van der Waals surface area contributed by atoms with E-state index in [4.69, 9.17) is 34.8 Å². The highest BCUT2D eigenvalue weighted by molar-refractivity contribution is 14.1. The molecule has 0 aliphatic heterocycles. The number of benzene rings is 1. The van der Waals surface area contributed by atoms with E-state index in [2.05, 4.69) is 22.6 Å². The van der Waals surface area contributed by atoms with E-state index in [1.807, 2.05) is 12.1 Å². The summed E-state index contributed by atoms with van der Waals surface area (Å²) in [4.78, 5) is 0. The van der Waals surface area contributed by atoms with Gasteiger partial charge in [0.25, 0.3) is 0 Å². The van der Waals surface area contributed by atoms with Crippen LogP contribution in [0.15, 0.2) is 12.1 Å². The SMILES string of the molecule is ClCc1cc(Cl)c(I)c(Cl)c1. The van der Waals surface area contributed by atoms with Crippen molar-refractivity contribution in [3.8, 4) is 0 Å². The van der Waals surface area contributed by atoms with E-state index in [1.54, 1.807) is 0 Å². The number of alkyl halides is 1. The van der Waals surface area contributed by atoms with Crippen LogP contribution in [0.3, 0.4) is 0 Å². The molecule has 4 heteroatoms. The van der Waals surface area contributed by atoms with Gasteiger partial charge in [-0.3, -0.25) is 0 Å².